The predicted molar refractivity (Wildman–Crippen MR) is 63.0 cm³/mol. The molecule has 0 bridgehead atoms. The van der Waals surface area contributed by atoms with E-state index in [9.17, 15) is 5.11 Å². The van der Waals surface area contributed by atoms with Crippen molar-refractivity contribution < 1.29 is 5.11 Å². The summed E-state index contributed by atoms with van der Waals surface area (Å²) in [5, 5.41) is 12.1. The largest absolute Gasteiger partial charge is 0.508 e. The summed E-state index contributed by atoms with van der Waals surface area (Å²) in [4.78, 5) is 2.05. The maximum atomic E-state index is 9.83. The highest BCUT2D eigenvalue weighted by molar-refractivity contribution is 5.84. The Morgan fingerprint density at radius 3 is 2.27 bits per heavy atom. The van der Waals surface area contributed by atoms with Gasteiger partial charge in [0, 0.05) is 12.1 Å². The van der Waals surface area contributed by atoms with Gasteiger partial charge in [0.05, 0.1) is 0 Å². The summed E-state index contributed by atoms with van der Waals surface area (Å²) in [6.45, 7) is 0.761. The van der Waals surface area contributed by atoms with E-state index in [4.69, 9.17) is 0 Å². The third kappa shape index (κ3) is 2.10. The van der Waals surface area contributed by atoms with E-state index in [1.807, 2.05) is 49.3 Å². The molecule has 2 aromatic carbocycles. The van der Waals surface area contributed by atoms with Crippen molar-refractivity contribution in [1.29, 1.82) is 0 Å². The van der Waals surface area contributed by atoms with Gasteiger partial charge in [0.15, 0.2) is 0 Å². The van der Waals surface area contributed by atoms with Crippen molar-refractivity contribution in [2.75, 3.05) is 14.1 Å². The first-order valence-corrected chi connectivity index (χ1v) is 5.02. The van der Waals surface area contributed by atoms with E-state index >= 15 is 0 Å². The molecule has 0 heterocycles. The Morgan fingerprint density at radius 1 is 1.07 bits per heavy atom. The topological polar surface area (TPSA) is 23.5 Å². The number of hydrogen-bond donors (Lipinski definition) is 1. The van der Waals surface area contributed by atoms with Crippen LogP contribution in [0.15, 0.2) is 36.4 Å². The molecule has 0 radical (unpaired) electrons. The quantitative estimate of drug-likeness (QED) is 0.807. The van der Waals surface area contributed by atoms with Gasteiger partial charge in [-0.25, -0.2) is 0 Å². The molecule has 0 unspecified atom stereocenters. The van der Waals surface area contributed by atoms with Crippen LogP contribution in [0.4, 0.5) is 0 Å². The highest BCUT2D eigenvalue weighted by Crippen LogP contribution is 2.25. The average molecular weight is 201 g/mol. The SMILES string of the molecule is CN(C)Cc1cc2ccccc2cc1O. The molecule has 0 aliphatic rings. The van der Waals surface area contributed by atoms with Crippen LogP contribution in [-0.2, 0) is 6.54 Å². The Hall–Kier alpha value is -1.54. The third-order valence-corrected chi connectivity index (χ3v) is 2.43. The second kappa shape index (κ2) is 3.91. The fourth-order valence-corrected chi connectivity index (χ4v) is 1.74. The van der Waals surface area contributed by atoms with Gasteiger partial charge < -0.3 is 10.0 Å². The fraction of sp³-hybridized carbons (Fsp3) is 0.231. The van der Waals surface area contributed by atoms with Crippen LogP contribution in [0.3, 0.4) is 0 Å². The Balaban J connectivity index is 2.52. The molecule has 0 amide bonds. The summed E-state index contributed by atoms with van der Waals surface area (Å²) >= 11 is 0. The number of phenolic OH excluding ortho intramolecular Hbond substituents is 1. The molecule has 1 N–H and O–H groups in total. The highest BCUT2D eigenvalue weighted by atomic mass is 16.3. The summed E-state index contributed by atoms with van der Waals surface area (Å²) in [5.74, 6) is 0.377. The lowest BCUT2D eigenvalue weighted by molar-refractivity contribution is 0.386. The van der Waals surface area contributed by atoms with Crippen molar-refractivity contribution in [3.05, 3.63) is 42.0 Å². The summed E-state index contributed by atoms with van der Waals surface area (Å²) in [6.07, 6.45) is 0. The lowest BCUT2D eigenvalue weighted by atomic mass is 10.1. The second-order valence-corrected chi connectivity index (χ2v) is 4.07. The second-order valence-electron chi connectivity index (χ2n) is 4.07. The van der Waals surface area contributed by atoms with Crippen LogP contribution in [0.25, 0.3) is 10.8 Å². The lowest BCUT2D eigenvalue weighted by Crippen LogP contribution is -2.10. The zero-order valence-electron chi connectivity index (χ0n) is 9.07. The molecule has 15 heavy (non-hydrogen) atoms. The minimum absolute atomic E-state index is 0.377. The first-order chi connectivity index (χ1) is 7.16. The predicted octanol–water partition coefficient (Wildman–Crippen LogP) is 2.61. The van der Waals surface area contributed by atoms with Gasteiger partial charge in [0.25, 0.3) is 0 Å². The Labute approximate surface area is 89.8 Å². The Kier molecular flexibility index (Phi) is 2.60. The van der Waals surface area contributed by atoms with E-state index in [2.05, 4.69) is 6.07 Å². The molecule has 0 saturated carbocycles. The van der Waals surface area contributed by atoms with Gasteiger partial charge in [-0.05, 0) is 37.0 Å². The van der Waals surface area contributed by atoms with Gasteiger partial charge in [-0.15, -0.1) is 0 Å². The van der Waals surface area contributed by atoms with Crippen molar-refractivity contribution >= 4 is 10.8 Å². The van der Waals surface area contributed by atoms with Crippen LogP contribution in [0.1, 0.15) is 5.56 Å². The number of benzene rings is 2. The van der Waals surface area contributed by atoms with Gasteiger partial charge in [-0.3, -0.25) is 0 Å². The molecular weight excluding hydrogens is 186 g/mol. The fourth-order valence-electron chi connectivity index (χ4n) is 1.74. The van der Waals surface area contributed by atoms with E-state index in [1.54, 1.807) is 0 Å². The van der Waals surface area contributed by atoms with Gasteiger partial charge in [0.2, 0.25) is 0 Å². The maximum absolute atomic E-state index is 9.83. The molecule has 2 rings (SSSR count). The molecule has 0 spiro atoms. The van der Waals surface area contributed by atoms with Crippen molar-refractivity contribution in [3.8, 4) is 5.75 Å². The molecule has 2 aromatic rings. The molecule has 2 nitrogen and oxygen atoms in total. The van der Waals surface area contributed by atoms with Gasteiger partial charge >= 0.3 is 0 Å². The number of rotatable bonds is 2. The molecule has 0 atom stereocenters. The van der Waals surface area contributed by atoms with Crippen molar-refractivity contribution in [2.24, 2.45) is 0 Å². The number of hydrogen-bond acceptors (Lipinski definition) is 2. The normalized spacial score (nSPS) is 11.1. The smallest absolute Gasteiger partial charge is 0.120 e. The van der Waals surface area contributed by atoms with Crippen LogP contribution in [0.5, 0.6) is 5.75 Å². The monoisotopic (exact) mass is 201 g/mol. The third-order valence-electron chi connectivity index (χ3n) is 2.43. The molecule has 78 valence electrons. The molecule has 0 fully saturated rings. The van der Waals surface area contributed by atoms with Crippen molar-refractivity contribution in [1.82, 2.24) is 4.90 Å². The molecule has 2 heteroatoms. The van der Waals surface area contributed by atoms with Gasteiger partial charge in [-0.1, -0.05) is 24.3 Å². The molecule has 0 aliphatic heterocycles. The first-order valence-electron chi connectivity index (χ1n) is 5.02. The van der Waals surface area contributed by atoms with Gasteiger partial charge in [0.1, 0.15) is 5.75 Å². The summed E-state index contributed by atoms with van der Waals surface area (Å²) < 4.78 is 0. The number of fused-ring (bicyclic) bond motifs is 1. The Morgan fingerprint density at radius 2 is 1.67 bits per heavy atom. The number of phenols is 1. The summed E-state index contributed by atoms with van der Waals surface area (Å²) in [6, 6.07) is 11.9. The summed E-state index contributed by atoms with van der Waals surface area (Å²) in [5.41, 5.74) is 0.971. The number of aromatic hydroxyl groups is 1. The van der Waals surface area contributed by atoms with E-state index in [0.29, 0.717) is 5.75 Å². The molecule has 0 aliphatic carbocycles. The van der Waals surface area contributed by atoms with Crippen LogP contribution in [-0.4, -0.2) is 24.1 Å². The van der Waals surface area contributed by atoms with E-state index in [0.717, 1.165) is 17.5 Å². The van der Waals surface area contributed by atoms with Crippen LogP contribution in [0.2, 0.25) is 0 Å². The van der Waals surface area contributed by atoms with Crippen molar-refractivity contribution in [3.63, 3.8) is 0 Å². The van der Waals surface area contributed by atoms with E-state index < -0.39 is 0 Å². The summed E-state index contributed by atoms with van der Waals surface area (Å²) in [7, 11) is 3.99. The van der Waals surface area contributed by atoms with E-state index in [1.165, 1.54) is 5.39 Å². The first kappa shape index (κ1) is 9.99. The van der Waals surface area contributed by atoms with Crippen molar-refractivity contribution in [2.45, 2.75) is 6.54 Å². The molecular formula is C13H15NO. The van der Waals surface area contributed by atoms with Gasteiger partial charge in [-0.2, -0.15) is 0 Å². The molecule has 0 aromatic heterocycles. The zero-order chi connectivity index (χ0) is 10.8. The zero-order valence-corrected chi connectivity index (χ0v) is 9.07. The average Bonchev–Trinajstić information content (AvgIpc) is 2.18. The number of nitrogens with zero attached hydrogens (tertiary/aromatic N) is 1. The lowest BCUT2D eigenvalue weighted by Gasteiger charge is -2.12. The van der Waals surface area contributed by atoms with Crippen LogP contribution < -0.4 is 0 Å². The molecule has 0 saturated heterocycles. The Bertz CT molecular complexity index is 477. The highest BCUT2D eigenvalue weighted by Gasteiger charge is 2.04. The minimum atomic E-state index is 0.377. The minimum Gasteiger partial charge on any atom is -0.508 e. The van der Waals surface area contributed by atoms with Crippen LogP contribution >= 0.6 is 0 Å². The van der Waals surface area contributed by atoms with Crippen LogP contribution in [0, 0.1) is 0 Å². The maximum Gasteiger partial charge on any atom is 0.120 e. The standard InChI is InChI=1S/C13H15NO/c1-14(2)9-12-7-10-5-3-4-6-11(10)8-13(12)15/h3-8,15H,9H2,1-2H3. The van der Waals surface area contributed by atoms with E-state index in [-0.39, 0.29) is 0 Å².